The van der Waals surface area contributed by atoms with Gasteiger partial charge in [0.15, 0.2) is 0 Å². The maximum absolute atomic E-state index is 5.71. The lowest BCUT2D eigenvalue weighted by Gasteiger charge is -2.18. The first-order valence-corrected chi connectivity index (χ1v) is 7.65. The molecule has 1 atom stereocenters. The van der Waals surface area contributed by atoms with Crippen LogP contribution in [-0.2, 0) is 4.74 Å². The number of aryl methyl sites for hydroxylation is 1. The van der Waals surface area contributed by atoms with Crippen LogP contribution in [0.15, 0.2) is 21.7 Å². The number of ether oxygens (including phenoxy) is 1. The second-order valence-electron chi connectivity index (χ2n) is 4.24. The standard InChI is InChI=1S/C13H18BrNOS/c1-3-6-15-12(10-5-4-7-16-10)11-8-9(2)13(14)17-11/h5,8,12,15H,3-4,6-7H2,1-2H3. The topological polar surface area (TPSA) is 21.3 Å². The van der Waals surface area contributed by atoms with Gasteiger partial charge in [-0.2, -0.15) is 0 Å². The highest BCUT2D eigenvalue weighted by Gasteiger charge is 2.22. The van der Waals surface area contributed by atoms with Gasteiger partial charge in [0.1, 0.15) is 5.76 Å². The van der Waals surface area contributed by atoms with E-state index in [4.69, 9.17) is 4.74 Å². The van der Waals surface area contributed by atoms with Crippen LogP contribution in [0.25, 0.3) is 0 Å². The molecule has 0 bridgehead atoms. The van der Waals surface area contributed by atoms with Crippen molar-refractivity contribution in [1.82, 2.24) is 5.32 Å². The fourth-order valence-corrected chi connectivity index (χ4v) is 3.55. The third-order valence-electron chi connectivity index (χ3n) is 2.78. The highest BCUT2D eigenvalue weighted by atomic mass is 79.9. The van der Waals surface area contributed by atoms with E-state index in [1.165, 1.54) is 14.2 Å². The average Bonchev–Trinajstić information content (AvgIpc) is 2.92. The van der Waals surface area contributed by atoms with Gasteiger partial charge in [-0.1, -0.05) is 6.92 Å². The number of halogens is 1. The van der Waals surface area contributed by atoms with Gasteiger partial charge in [-0.25, -0.2) is 0 Å². The molecule has 0 aliphatic carbocycles. The van der Waals surface area contributed by atoms with Crippen molar-refractivity contribution in [2.75, 3.05) is 13.2 Å². The molecule has 2 nitrogen and oxygen atoms in total. The molecule has 1 aliphatic heterocycles. The Balaban J connectivity index is 2.19. The van der Waals surface area contributed by atoms with Crippen molar-refractivity contribution in [3.63, 3.8) is 0 Å². The first-order chi connectivity index (χ1) is 8.22. The molecule has 0 aromatic carbocycles. The van der Waals surface area contributed by atoms with Crippen LogP contribution >= 0.6 is 27.3 Å². The van der Waals surface area contributed by atoms with E-state index < -0.39 is 0 Å². The molecule has 0 saturated carbocycles. The Kier molecular flexibility index (Phi) is 4.65. The van der Waals surface area contributed by atoms with Crippen LogP contribution < -0.4 is 5.32 Å². The zero-order valence-electron chi connectivity index (χ0n) is 10.3. The van der Waals surface area contributed by atoms with E-state index in [9.17, 15) is 0 Å². The number of hydrogen-bond donors (Lipinski definition) is 1. The predicted molar refractivity (Wildman–Crippen MR) is 76.4 cm³/mol. The predicted octanol–water partition coefficient (Wildman–Crippen LogP) is 4.16. The minimum absolute atomic E-state index is 0.229. The summed E-state index contributed by atoms with van der Waals surface area (Å²) in [5, 5.41) is 3.56. The summed E-state index contributed by atoms with van der Waals surface area (Å²) in [6, 6.07) is 2.47. The summed E-state index contributed by atoms with van der Waals surface area (Å²) in [5.41, 5.74) is 1.30. The first-order valence-electron chi connectivity index (χ1n) is 6.04. The largest absolute Gasteiger partial charge is 0.496 e. The summed E-state index contributed by atoms with van der Waals surface area (Å²) >= 11 is 5.38. The highest BCUT2D eigenvalue weighted by Crippen LogP contribution is 2.35. The van der Waals surface area contributed by atoms with Crippen LogP contribution in [0.1, 0.15) is 36.2 Å². The molecule has 0 saturated heterocycles. The molecule has 4 heteroatoms. The average molecular weight is 316 g/mol. The van der Waals surface area contributed by atoms with Crippen LogP contribution in [0.3, 0.4) is 0 Å². The lowest BCUT2D eigenvalue weighted by atomic mass is 10.1. The molecule has 0 spiro atoms. The molecular formula is C13H18BrNOS. The van der Waals surface area contributed by atoms with Crippen molar-refractivity contribution >= 4 is 27.3 Å². The highest BCUT2D eigenvalue weighted by molar-refractivity contribution is 9.11. The molecule has 0 amide bonds. The molecule has 0 fully saturated rings. The Morgan fingerprint density at radius 1 is 1.59 bits per heavy atom. The summed E-state index contributed by atoms with van der Waals surface area (Å²) in [4.78, 5) is 1.33. The minimum atomic E-state index is 0.229. The maximum Gasteiger partial charge on any atom is 0.114 e. The van der Waals surface area contributed by atoms with Crippen LogP contribution in [-0.4, -0.2) is 13.2 Å². The van der Waals surface area contributed by atoms with Gasteiger partial charge in [0.05, 0.1) is 16.4 Å². The number of rotatable bonds is 5. The van der Waals surface area contributed by atoms with Gasteiger partial charge in [0, 0.05) is 11.3 Å². The van der Waals surface area contributed by atoms with Gasteiger partial charge in [-0.3, -0.25) is 0 Å². The Morgan fingerprint density at radius 2 is 2.41 bits per heavy atom. The molecule has 0 radical (unpaired) electrons. The third kappa shape index (κ3) is 3.12. The van der Waals surface area contributed by atoms with E-state index >= 15 is 0 Å². The van der Waals surface area contributed by atoms with E-state index in [-0.39, 0.29) is 6.04 Å². The molecule has 1 aliphatic rings. The SMILES string of the molecule is CCCNC(C1=CCCO1)c1cc(C)c(Br)s1. The van der Waals surface area contributed by atoms with Crippen molar-refractivity contribution in [1.29, 1.82) is 0 Å². The van der Waals surface area contributed by atoms with Crippen molar-refractivity contribution in [2.24, 2.45) is 0 Å². The van der Waals surface area contributed by atoms with E-state index in [2.05, 4.69) is 47.2 Å². The molecule has 1 aromatic heterocycles. The van der Waals surface area contributed by atoms with Gasteiger partial charge < -0.3 is 10.1 Å². The quantitative estimate of drug-likeness (QED) is 0.880. The lowest BCUT2D eigenvalue weighted by Crippen LogP contribution is -2.23. The number of hydrogen-bond acceptors (Lipinski definition) is 3. The summed E-state index contributed by atoms with van der Waals surface area (Å²) in [6.07, 6.45) is 4.37. The lowest BCUT2D eigenvalue weighted by molar-refractivity contribution is 0.216. The van der Waals surface area contributed by atoms with Gasteiger partial charge in [-0.05, 0) is 53.5 Å². The normalized spacial score (nSPS) is 16.8. The van der Waals surface area contributed by atoms with Gasteiger partial charge in [0.25, 0.3) is 0 Å². The Morgan fingerprint density at radius 3 is 2.94 bits per heavy atom. The van der Waals surface area contributed by atoms with Crippen molar-refractivity contribution in [2.45, 2.75) is 32.7 Å². The Hall–Kier alpha value is -0.320. The zero-order chi connectivity index (χ0) is 12.3. The zero-order valence-corrected chi connectivity index (χ0v) is 12.7. The van der Waals surface area contributed by atoms with Gasteiger partial charge in [0.2, 0.25) is 0 Å². The van der Waals surface area contributed by atoms with Crippen LogP contribution in [0, 0.1) is 6.92 Å². The molecule has 1 N–H and O–H groups in total. The third-order valence-corrected chi connectivity index (χ3v) is 4.98. The second-order valence-corrected chi connectivity index (χ2v) is 6.64. The Labute approximate surface area is 115 Å². The molecule has 94 valence electrons. The molecule has 2 rings (SSSR count). The molecular weight excluding hydrogens is 298 g/mol. The summed E-state index contributed by atoms with van der Waals surface area (Å²) in [7, 11) is 0. The maximum atomic E-state index is 5.71. The van der Waals surface area contributed by atoms with E-state index in [1.54, 1.807) is 11.3 Å². The summed E-state index contributed by atoms with van der Waals surface area (Å²) < 4.78 is 6.92. The second kappa shape index (κ2) is 6.03. The fourth-order valence-electron chi connectivity index (χ4n) is 1.89. The van der Waals surface area contributed by atoms with Gasteiger partial charge in [-0.15, -0.1) is 11.3 Å². The van der Waals surface area contributed by atoms with E-state index in [0.717, 1.165) is 31.8 Å². The van der Waals surface area contributed by atoms with Crippen LogP contribution in [0.2, 0.25) is 0 Å². The molecule has 1 aromatic rings. The number of nitrogens with one attached hydrogen (secondary N) is 1. The van der Waals surface area contributed by atoms with E-state index in [0.29, 0.717) is 0 Å². The smallest absolute Gasteiger partial charge is 0.114 e. The Bertz CT molecular complexity index is 394. The molecule has 2 heterocycles. The first kappa shape index (κ1) is 13.1. The van der Waals surface area contributed by atoms with Crippen molar-refractivity contribution < 1.29 is 4.74 Å². The van der Waals surface area contributed by atoms with Crippen LogP contribution in [0.4, 0.5) is 0 Å². The van der Waals surface area contributed by atoms with Gasteiger partial charge >= 0.3 is 0 Å². The minimum Gasteiger partial charge on any atom is -0.496 e. The number of thiophene rings is 1. The van der Waals surface area contributed by atoms with Crippen molar-refractivity contribution in [3.05, 3.63) is 32.1 Å². The summed E-state index contributed by atoms with van der Waals surface area (Å²) in [5.74, 6) is 1.09. The summed E-state index contributed by atoms with van der Waals surface area (Å²) in [6.45, 7) is 6.15. The monoisotopic (exact) mass is 315 g/mol. The molecule has 1 unspecified atom stereocenters. The van der Waals surface area contributed by atoms with Crippen LogP contribution in [0.5, 0.6) is 0 Å². The fraction of sp³-hybridized carbons (Fsp3) is 0.538. The van der Waals surface area contributed by atoms with E-state index in [1.807, 2.05) is 0 Å². The molecule has 17 heavy (non-hydrogen) atoms. The van der Waals surface area contributed by atoms with Crippen molar-refractivity contribution in [3.8, 4) is 0 Å².